The molecular weight excluding hydrogens is 424 g/mol. The lowest BCUT2D eigenvalue weighted by Gasteiger charge is -2.06. The van der Waals surface area contributed by atoms with E-state index in [2.05, 4.69) is 15.5 Å². The molecule has 2 heterocycles. The first-order valence-corrected chi connectivity index (χ1v) is 11.0. The summed E-state index contributed by atoms with van der Waals surface area (Å²) in [5.41, 5.74) is 1.43. The van der Waals surface area contributed by atoms with Crippen molar-refractivity contribution in [1.82, 2.24) is 14.8 Å². The Morgan fingerprint density at radius 3 is 2.69 bits per heavy atom. The van der Waals surface area contributed by atoms with E-state index in [1.54, 1.807) is 7.11 Å². The van der Waals surface area contributed by atoms with Crippen LogP contribution in [0.2, 0.25) is 0 Å². The van der Waals surface area contributed by atoms with E-state index >= 15 is 0 Å². The first-order valence-electron chi connectivity index (χ1n) is 10.00. The number of methoxy groups -OCH3 is 1. The van der Waals surface area contributed by atoms with E-state index in [1.807, 2.05) is 78.3 Å². The van der Waals surface area contributed by atoms with Crippen LogP contribution < -0.4 is 10.1 Å². The van der Waals surface area contributed by atoms with Crippen molar-refractivity contribution in [2.45, 2.75) is 5.16 Å². The normalized spacial score (nSPS) is 11.2. The highest BCUT2D eigenvalue weighted by atomic mass is 32.2. The van der Waals surface area contributed by atoms with Crippen molar-refractivity contribution >= 4 is 45.1 Å². The summed E-state index contributed by atoms with van der Waals surface area (Å²) in [5, 5.41) is 15.2. The topological polar surface area (TPSA) is 82.2 Å². The van der Waals surface area contributed by atoms with Crippen molar-refractivity contribution in [1.29, 1.82) is 0 Å². The molecule has 0 spiro atoms. The van der Waals surface area contributed by atoms with E-state index in [1.165, 1.54) is 11.8 Å². The Morgan fingerprint density at radius 2 is 1.84 bits per heavy atom. The maximum absolute atomic E-state index is 12.5. The number of carbonyl (C=O) groups excluding carboxylic acids is 1. The minimum atomic E-state index is -0.108. The standard InChI is InChI=1S/C24H20N4O3S/c1-28-23(20-13-17-8-5-9-19(30-2)22(17)31-20)26-27-24(28)32-14-21(29)25-18-11-10-15-6-3-4-7-16(15)12-18/h3-13H,14H2,1-2H3,(H,25,29). The molecule has 0 fully saturated rings. The van der Waals surface area contributed by atoms with Gasteiger partial charge in [0.15, 0.2) is 28.1 Å². The van der Waals surface area contributed by atoms with Crippen molar-refractivity contribution in [3.05, 3.63) is 66.7 Å². The number of fused-ring (bicyclic) bond motifs is 2. The van der Waals surface area contributed by atoms with Gasteiger partial charge in [-0.15, -0.1) is 10.2 Å². The molecule has 1 amide bonds. The van der Waals surface area contributed by atoms with Gasteiger partial charge >= 0.3 is 0 Å². The van der Waals surface area contributed by atoms with Crippen LogP contribution >= 0.6 is 11.8 Å². The molecule has 7 nitrogen and oxygen atoms in total. The van der Waals surface area contributed by atoms with E-state index in [-0.39, 0.29) is 11.7 Å². The van der Waals surface area contributed by atoms with E-state index in [4.69, 9.17) is 9.15 Å². The molecule has 5 rings (SSSR count). The van der Waals surface area contributed by atoms with Crippen molar-refractivity contribution in [3.63, 3.8) is 0 Å². The van der Waals surface area contributed by atoms with Gasteiger partial charge in [0.25, 0.3) is 0 Å². The molecule has 0 aliphatic rings. The van der Waals surface area contributed by atoms with Gasteiger partial charge in [0, 0.05) is 18.1 Å². The highest BCUT2D eigenvalue weighted by Crippen LogP contribution is 2.33. The second-order valence-corrected chi connectivity index (χ2v) is 8.20. The Labute approximate surface area is 188 Å². The number of benzene rings is 3. The SMILES string of the molecule is COc1cccc2cc(-c3nnc(SCC(=O)Nc4ccc5ccccc5c4)n3C)oc12. The monoisotopic (exact) mass is 444 g/mol. The molecule has 0 radical (unpaired) electrons. The Morgan fingerprint density at radius 1 is 1.03 bits per heavy atom. The molecule has 160 valence electrons. The van der Waals surface area contributed by atoms with Gasteiger partial charge < -0.3 is 19.0 Å². The summed E-state index contributed by atoms with van der Waals surface area (Å²) in [4.78, 5) is 12.5. The number of nitrogens with zero attached hydrogens (tertiary/aromatic N) is 3. The largest absolute Gasteiger partial charge is 0.493 e. The van der Waals surface area contributed by atoms with E-state index < -0.39 is 0 Å². The minimum absolute atomic E-state index is 0.108. The molecule has 8 heteroatoms. The summed E-state index contributed by atoms with van der Waals surface area (Å²) >= 11 is 1.32. The van der Waals surface area contributed by atoms with Gasteiger partial charge in [0.05, 0.1) is 12.9 Å². The summed E-state index contributed by atoms with van der Waals surface area (Å²) in [5.74, 6) is 1.94. The van der Waals surface area contributed by atoms with Gasteiger partial charge in [0.2, 0.25) is 5.91 Å². The average molecular weight is 445 g/mol. The molecule has 0 saturated carbocycles. The second kappa shape index (κ2) is 8.39. The molecule has 2 aromatic heterocycles. The van der Waals surface area contributed by atoms with Crippen LogP contribution in [0.5, 0.6) is 5.75 Å². The lowest BCUT2D eigenvalue weighted by atomic mass is 10.1. The third kappa shape index (κ3) is 3.80. The zero-order valence-corrected chi connectivity index (χ0v) is 18.3. The number of rotatable bonds is 6. The average Bonchev–Trinajstić information content (AvgIpc) is 3.40. The number of thioether (sulfide) groups is 1. The highest BCUT2D eigenvalue weighted by Gasteiger charge is 2.18. The van der Waals surface area contributed by atoms with Crippen molar-refractivity contribution in [2.75, 3.05) is 18.2 Å². The van der Waals surface area contributed by atoms with Crippen LogP contribution in [-0.4, -0.2) is 33.5 Å². The van der Waals surface area contributed by atoms with Crippen LogP contribution in [-0.2, 0) is 11.8 Å². The zero-order valence-electron chi connectivity index (χ0n) is 17.5. The van der Waals surface area contributed by atoms with Gasteiger partial charge in [-0.3, -0.25) is 4.79 Å². The quantitative estimate of drug-likeness (QED) is 0.366. The fraction of sp³-hybridized carbons (Fsp3) is 0.125. The summed E-state index contributed by atoms with van der Waals surface area (Å²) < 4.78 is 13.2. The molecule has 0 saturated heterocycles. The number of anilines is 1. The van der Waals surface area contributed by atoms with Crippen LogP contribution in [0.3, 0.4) is 0 Å². The molecule has 0 aliphatic carbocycles. The number of para-hydroxylation sites is 1. The fourth-order valence-corrected chi connectivity index (χ4v) is 4.27. The van der Waals surface area contributed by atoms with Crippen molar-refractivity contribution in [2.24, 2.45) is 7.05 Å². The smallest absolute Gasteiger partial charge is 0.234 e. The van der Waals surface area contributed by atoms with Gasteiger partial charge in [-0.1, -0.05) is 54.2 Å². The first-order chi connectivity index (χ1) is 15.6. The molecular formula is C24H20N4O3S. The van der Waals surface area contributed by atoms with Crippen LogP contribution in [0.1, 0.15) is 0 Å². The van der Waals surface area contributed by atoms with Crippen LogP contribution in [0.25, 0.3) is 33.3 Å². The summed E-state index contributed by atoms with van der Waals surface area (Å²) in [6.45, 7) is 0. The molecule has 3 aromatic carbocycles. The third-order valence-electron chi connectivity index (χ3n) is 5.15. The number of aromatic nitrogens is 3. The molecule has 32 heavy (non-hydrogen) atoms. The first kappa shape index (κ1) is 20.1. The summed E-state index contributed by atoms with van der Waals surface area (Å²) in [7, 11) is 3.46. The van der Waals surface area contributed by atoms with Gasteiger partial charge in [-0.2, -0.15) is 0 Å². The lowest BCUT2D eigenvalue weighted by Crippen LogP contribution is -2.14. The Balaban J connectivity index is 1.29. The highest BCUT2D eigenvalue weighted by molar-refractivity contribution is 7.99. The van der Waals surface area contributed by atoms with Gasteiger partial charge in [-0.25, -0.2) is 0 Å². The zero-order chi connectivity index (χ0) is 22.1. The number of hydrogen-bond acceptors (Lipinski definition) is 6. The van der Waals surface area contributed by atoms with Gasteiger partial charge in [0.1, 0.15) is 0 Å². The Kier molecular flexibility index (Phi) is 5.28. The van der Waals surface area contributed by atoms with E-state index in [0.717, 1.165) is 21.8 Å². The molecule has 0 unspecified atom stereocenters. The second-order valence-electron chi connectivity index (χ2n) is 7.25. The van der Waals surface area contributed by atoms with Crippen LogP contribution in [0.4, 0.5) is 5.69 Å². The number of carbonyl (C=O) groups is 1. The lowest BCUT2D eigenvalue weighted by molar-refractivity contribution is -0.113. The molecule has 0 atom stereocenters. The van der Waals surface area contributed by atoms with E-state index in [9.17, 15) is 4.79 Å². The molecule has 1 N–H and O–H groups in total. The predicted octanol–water partition coefficient (Wildman–Crippen LogP) is 5.12. The Hall–Kier alpha value is -3.78. The summed E-state index contributed by atoms with van der Waals surface area (Å²) in [6.07, 6.45) is 0. The fourth-order valence-electron chi connectivity index (χ4n) is 3.56. The molecule has 0 aliphatic heterocycles. The maximum Gasteiger partial charge on any atom is 0.234 e. The number of nitrogens with one attached hydrogen (secondary N) is 1. The van der Waals surface area contributed by atoms with Crippen LogP contribution in [0, 0.1) is 0 Å². The predicted molar refractivity (Wildman–Crippen MR) is 126 cm³/mol. The van der Waals surface area contributed by atoms with Gasteiger partial charge in [-0.05, 0) is 35.0 Å². The summed E-state index contributed by atoms with van der Waals surface area (Å²) in [6, 6.07) is 21.5. The number of furan rings is 1. The van der Waals surface area contributed by atoms with Crippen molar-refractivity contribution in [3.8, 4) is 17.3 Å². The number of hydrogen-bond donors (Lipinski definition) is 1. The van der Waals surface area contributed by atoms with E-state index in [0.29, 0.717) is 28.1 Å². The molecule has 5 aromatic rings. The third-order valence-corrected chi connectivity index (χ3v) is 6.17. The molecule has 0 bridgehead atoms. The minimum Gasteiger partial charge on any atom is -0.493 e. The number of amides is 1. The Bertz CT molecular complexity index is 1440. The van der Waals surface area contributed by atoms with Crippen molar-refractivity contribution < 1.29 is 13.9 Å². The maximum atomic E-state index is 12.5. The number of ether oxygens (including phenoxy) is 1. The van der Waals surface area contributed by atoms with Crippen LogP contribution in [0.15, 0.2) is 76.3 Å².